The van der Waals surface area contributed by atoms with E-state index in [1.807, 2.05) is 27.7 Å². The van der Waals surface area contributed by atoms with Crippen LogP contribution < -0.4 is 0 Å². The van der Waals surface area contributed by atoms with Crippen LogP contribution in [-0.2, 0) is 7.05 Å². The van der Waals surface area contributed by atoms with Gasteiger partial charge in [0.25, 0.3) is 0 Å². The second-order valence-corrected chi connectivity index (χ2v) is 3.48. The average molecular weight is 268 g/mol. The third kappa shape index (κ3) is 4.47. The normalized spacial score (nSPS) is 9.05. The number of hydrogen-bond donors (Lipinski definition) is 0. The number of aryl methyl sites for hydroxylation is 2. The van der Waals surface area contributed by atoms with E-state index in [9.17, 15) is 8.78 Å². The van der Waals surface area contributed by atoms with Gasteiger partial charge in [-0.05, 0) is 24.6 Å². The maximum atomic E-state index is 13.5. The second kappa shape index (κ2) is 8.40. The van der Waals surface area contributed by atoms with Gasteiger partial charge in [-0.1, -0.05) is 27.7 Å². The number of nitrogens with zero attached hydrogens (tertiary/aromatic N) is 2. The van der Waals surface area contributed by atoms with Crippen LogP contribution in [0.4, 0.5) is 8.78 Å². The minimum absolute atomic E-state index is 0.242. The van der Waals surface area contributed by atoms with Crippen molar-refractivity contribution in [2.45, 2.75) is 34.6 Å². The van der Waals surface area contributed by atoms with Crippen molar-refractivity contribution >= 4 is 0 Å². The highest BCUT2D eigenvalue weighted by atomic mass is 19.1. The summed E-state index contributed by atoms with van der Waals surface area (Å²) in [7, 11) is 1.73. The molecule has 4 heteroatoms. The zero-order valence-electron chi connectivity index (χ0n) is 12.5. The molecular formula is C15H22F2N2. The molecule has 1 heterocycles. The molecule has 0 saturated carbocycles. The molecule has 0 radical (unpaired) electrons. The van der Waals surface area contributed by atoms with Crippen LogP contribution in [0.2, 0.25) is 0 Å². The molecule has 0 spiro atoms. The summed E-state index contributed by atoms with van der Waals surface area (Å²) in [6, 6.07) is 2.39. The number of aromatic nitrogens is 2. The van der Waals surface area contributed by atoms with E-state index in [1.54, 1.807) is 17.9 Å². The van der Waals surface area contributed by atoms with Crippen molar-refractivity contribution in [2.24, 2.45) is 7.05 Å². The van der Waals surface area contributed by atoms with E-state index in [0.717, 1.165) is 0 Å². The van der Waals surface area contributed by atoms with Crippen molar-refractivity contribution in [3.8, 4) is 11.1 Å². The number of benzene rings is 1. The first kappa shape index (κ1) is 17.3. The molecule has 0 saturated heterocycles. The Balaban J connectivity index is 0.000000741. The molecule has 0 atom stereocenters. The molecule has 0 fully saturated rings. The predicted molar refractivity (Wildman–Crippen MR) is 76.0 cm³/mol. The highest BCUT2D eigenvalue weighted by Gasteiger charge is 2.10. The molecule has 2 aromatic rings. The number of hydrogen-bond acceptors (Lipinski definition) is 1. The minimum atomic E-state index is -0.429. The lowest BCUT2D eigenvalue weighted by Crippen LogP contribution is -1.89. The lowest BCUT2D eigenvalue weighted by Gasteiger charge is -2.02. The molecule has 1 aromatic carbocycles. The number of halogens is 2. The van der Waals surface area contributed by atoms with E-state index < -0.39 is 11.6 Å². The fourth-order valence-corrected chi connectivity index (χ4v) is 1.43. The Labute approximate surface area is 114 Å². The monoisotopic (exact) mass is 268 g/mol. The van der Waals surface area contributed by atoms with Gasteiger partial charge in [0.1, 0.15) is 11.6 Å². The van der Waals surface area contributed by atoms with Gasteiger partial charge in [0.05, 0.1) is 6.20 Å². The summed E-state index contributed by atoms with van der Waals surface area (Å²) in [6.45, 7) is 9.53. The van der Waals surface area contributed by atoms with Gasteiger partial charge in [0, 0.05) is 24.4 Å². The molecule has 2 nitrogen and oxygen atoms in total. The molecule has 0 aliphatic carbocycles. The fourth-order valence-electron chi connectivity index (χ4n) is 1.43. The summed E-state index contributed by atoms with van der Waals surface area (Å²) < 4.78 is 28.3. The summed E-state index contributed by atoms with van der Waals surface area (Å²) in [5.74, 6) is -0.836. The van der Waals surface area contributed by atoms with E-state index in [2.05, 4.69) is 5.10 Å². The summed E-state index contributed by atoms with van der Waals surface area (Å²) in [6.07, 6.45) is 3.15. The van der Waals surface area contributed by atoms with Crippen molar-refractivity contribution in [3.05, 3.63) is 41.7 Å². The standard InChI is InChI=1S/C11H10F2N2.2C2H6/c1-7-3-11(13)9(4-10(7)12)8-5-14-15(2)6-8;2*1-2/h3-6H,1-2H3;2*1-2H3. The lowest BCUT2D eigenvalue weighted by molar-refractivity contribution is 0.595. The van der Waals surface area contributed by atoms with Crippen molar-refractivity contribution in [2.75, 3.05) is 0 Å². The maximum Gasteiger partial charge on any atom is 0.131 e. The Kier molecular flexibility index (Phi) is 7.65. The predicted octanol–water partition coefficient (Wildman–Crippen LogP) is 4.73. The molecule has 0 unspecified atom stereocenters. The summed E-state index contributed by atoms with van der Waals surface area (Å²) in [5.41, 5.74) is 1.13. The van der Waals surface area contributed by atoms with Crippen LogP contribution in [0.15, 0.2) is 24.5 Å². The van der Waals surface area contributed by atoms with Crippen molar-refractivity contribution in [1.82, 2.24) is 9.78 Å². The third-order valence-corrected chi connectivity index (χ3v) is 2.26. The average Bonchev–Trinajstić information content (AvgIpc) is 2.85. The van der Waals surface area contributed by atoms with Gasteiger partial charge >= 0.3 is 0 Å². The Hall–Kier alpha value is -1.71. The van der Waals surface area contributed by atoms with Gasteiger partial charge in [0.2, 0.25) is 0 Å². The molecule has 0 bridgehead atoms. The van der Waals surface area contributed by atoms with Crippen LogP contribution in [0.1, 0.15) is 33.3 Å². The van der Waals surface area contributed by atoms with E-state index >= 15 is 0 Å². The second-order valence-electron chi connectivity index (χ2n) is 3.48. The first-order valence-electron chi connectivity index (χ1n) is 6.52. The molecule has 0 aliphatic rings. The summed E-state index contributed by atoms with van der Waals surface area (Å²) in [5, 5.41) is 3.91. The molecule has 1 aromatic heterocycles. The Morgan fingerprint density at radius 1 is 1.00 bits per heavy atom. The molecule has 0 amide bonds. The van der Waals surface area contributed by atoms with Gasteiger partial charge < -0.3 is 0 Å². The topological polar surface area (TPSA) is 17.8 Å². The summed E-state index contributed by atoms with van der Waals surface area (Å²) >= 11 is 0. The van der Waals surface area contributed by atoms with Gasteiger partial charge in [0.15, 0.2) is 0 Å². The lowest BCUT2D eigenvalue weighted by atomic mass is 10.1. The first-order valence-corrected chi connectivity index (χ1v) is 6.52. The van der Waals surface area contributed by atoms with Gasteiger partial charge in [-0.15, -0.1) is 0 Å². The minimum Gasteiger partial charge on any atom is -0.275 e. The molecular weight excluding hydrogens is 246 g/mol. The van der Waals surface area contributed by atoms with Gasteiger partial charge in [-0.25, -0.2) is 8.78 Å². The third-order valence-electron chi connectivity index (χ3n) is 2.26. The van der Waals surface area contributed by atoms with E-state index in [0.29, 0.717) is 11.1 Å². The van der Waals surface area contributed by atoms with Crippen LogP contribution in [-0.4, -0.2) is 9.78 Å². The van der Waals surface area contributed by atoms with Crippen LogP contribution in [0.3, 0.4) is 0 Å². The zero-order chi connectivity index (χ0) is 15.0. The maximum absolute atomic E-state index is 13.5. The zero-order valence-corrected chi connectivity index (χ0v) is 12.5. The highest BCUT2D eigenvalue weighted by molar-refractivity contribution is 5.63. The molecule has 2 rings (SSSR count). The van der Waals surface area contributed by atoms with Crippen LogP contribution >= 0.6 is 0 Å². The smallest absolute Gasteiger partial charge is 0.131 e. The van der Waals surface area contributed by atoms with Crippen LogP contribution in [0.25, 0.3) is 11.1 Å². The molecule has 19 heavy (non-hydrogen) atoms. The largest absolute Gasteiger partial charge is 0.275 e. The van der Waals surface area contributed by atoms with E-state index in [-0.39, 0.29) is 5.56 Å². The van der Waals surface area contributed by atoms with Crippen molar-refractivity contribution in [1.29, 1.82) is 0 Å². The van der Waals surface area contributed by atoms with Crippen molar-refractivity contribution in [3.63, 3.8) is 0 Å². The quantitative estimate of drug-likeness (QED) is 0.731. The van der Waals surface area contributed by atoms with Gasteiger partial charge in [-0.2, -0.15) is 5.10 Å². The van der Waals surface area contributed by atoms with E-state index in [1.165, 1.54) is 25.3 Å². The SMILES string of the molecule is CC.CC.Cc1cc(F)c(-c2cnn(C)c2)cc1F. The van der Waals surface area contributed by atoms with Crippen LogP contribution in [0, 0.1) is 18.6 Å². The Bertz CT molecular complexity index is 505. The fraction of sp³-hybridized carbons (Fsp3) is 0.400. The van der Waals surface area contributed by atoms with Crippen LogP contribution in [0.5, 0.6) is 0 Å². The number of rotatable bonds is 1. The van der Waals surface area contributed by atoms with E-state index in [4.69, 9.17) is 0 Å². The molecule has 106 valence electrons. The van der Waals surface area contributed by atoms with Gasteiger partial charge in [-0.3, -0.25) is 4.68 Å². The molecule has 0 aliphatic heterocycles. The Morgan fingerprint density at radius 2 is 1.58 bits per heavy atom. The Morgan fingerprint density at radius 3 is 2.05 bits per heavy atom. The summed E-state index contributed by atoms with van der Waals surface area (Å²) in [4.78, 5) is 0. The highest BCUT2D eigenvalue weighted by Crippen LogP contribution is 2.24. The van der Waals surface area contributed by atoms with Crippen molar-refractivity contribution < 1.29 is 8.78 Å². The molecule has 0 N–H and O–H groups in total. The first-order chi connectivity index (χ1) is 9.08.